The van der Waals surface area contributed by atoms with Crippen molar-refractivity contribution in [2.24, 2.45) is 11.3 Å². The van der Waals surface area contributed by atoms with Gasteiger partial charge in [0, 0.05) is 80.6 Å². The highest BCUT2D eigenvalue weighted by atomic mass is 32.2. The average Bonchev–Trinajstić information content (AvgIpc) is 3.77. The fourth-order valence-corrected chi connectivity index (χ4v) is 10.2. The van der Waals surface area contributed by atoms with Gasteiger partial charge in [0.15, 0.2) is 0 Å². The maximum Gasteiger partial charge on any atom is 0.416 e. The minimum absolute atomic E-state index is 0.0286. The number of halogens is 3. The quantitative estimate of drug-likeness (QED) is 0.0538. The standard InChI is InChI=1S/C49H59F3N8O6S/c1-31(2)47(62)60-21-22-65-30-37(60)27-55-43-12-10-39(25-42(43)53)67(63,64)57-46(61)40-11-9-36(24-44(40)66-38-23-33-14-16-54-45(33)56-28-38)59-19-17-58(18-20-59)29-34-13-15-48(3,4)26-41(34)32-5-7-35(8-6-32)49(50,51)52/h5-12,14,16,23-25,28,31,37,46,55,57,61H,13,15,17-22,26-27,29-30,53H2,1-4H3,(H,54,56). The van der Waals surface area contributed by atoms with Crippen LogP contribution in [0.1, 0.15) is 69.9 Å². The number of amides is 1. The minimum Gasteiger partial charge on any atom is -0.455 e. The van der Waals surface area contributed by atoms with Crippen molar-refractivity contribution in [3.63, 3.8) is 0 Å². The number of sulfonamides is 1. The number of morpholine rings is 1. The smallest absolute Gasteiger partial charge is 0.416 e. The number of alkyl halides is 3. The van der Waals surface area contributed by atoms with Crippen LogP contribution in [-0.4, -0.2) is 104 Å². The number of carbonyl (C=O) groups excluding carboxylic acids is 1. The van der Waals surface area contributed by atoms with E-state index in [1.54, 1.807) is 53.7 Å². The summed E-state index contributed by atoms with van der Waals surface area (Å²) in [6.45, 7) is 13.2. The fourth-order valence-electron chi connectivity index (χ4n) is 9.06. The van der Waals surface area contributed by atoms with Crippen LogP contribution in [0, 0.1) is 11.3 Å². The van der Waals surface area contributed by atoms with Crippen LogP contribution in [0.2, 0.25) is 0 Å². The van der Waals surface area contributed by atoms with Crippen molar-refractivity contribution in [1.29, 1.82) is 0 Å². The number of hydrogen-bond donors (Lipinski definition) is 5. The maximum absolute atomic E-state index is 13.8. The van der Waals surface area contributed by atoms with Crippen LogP contribution in [0.3, 0.4) is 0 Å². The Labute approximate surface area is 389 Å². The normalized spacial score (nSPS) is 19.0. The Morgan fingerprint density at radius 3 is 2.51 bits per heavy atom. The van der Waals surface area contributed by atoms with E-state index in [2.05, 4.69) is 43.7 Å². The summed E-state index contributed by atoms with van der Waals surface area (Å²) in [6, 6.07) is 18.5. The van der Waals surface area contributed by atoms with Gasteiger partial charge in [-0.25, -0.2) is 13.4 Å². The van der Waals surface area contributed by atoms with Gasteiger partial charge in [0.2, 0.25) is 15.9 Å². The molecule has 2 aromatic heterocycles. The number of rotatable bonds is 14. The molecule has 8 rings (SSSR count). The molecule has 2 aliphatic heterocycles. The van der Waals surface area contributed by atoms with E-state index in [0.717, 1.165) is 54.6 Å². The number of aliphatic hydroxyl groups is 1. The van der Waals surface area contributed by atoms with Gasteiger partial charge in [-0.05, 0) is 90.4 Å². The Morgan fingerprint density at radius 2 is 1.79 bits per heavy atom. The third-order valence-electron chi connectivity index (χ3n) is 12.9. The number of ether oxygens (including phenoxy) is 2. The van der Waals surface area contributed by atoms with Crippen molar-refractivity contribution in [2.75, 3.05) is 75.0 Å². The first-order valence-electron chi connectivity index (χ1n) is 22.7. The number of fused-ring (bicyclic) bond motifs is 1. The monoisotopic (exact) mass is 944 g/mol. The van der Waals surface area contributed by atoms with Crippen molar-refractivity contribution < 1.29 is 41.0 Å². The lowest BCUT2D eigenvalue weighted by molar-refractivity contribution is -0.142. The van der Waals surface area contributed by atoms with Crippen LogP contribution in [0.5, 0.6) is 11.5 Å². The number of nitrogens with two attached hydrogens (primary N) is 1. The molecule has 5 aromatic rings. The highest BCUT2D eigenvalue weighted by Crippen LogP contribution is 2.44. The molecule has 4 heterocycles. The number of nitrogens with zero attached hydrogens (tertiary/aromatic N) is 4. The first-order chi connectivity index (χ1) is 31.8. The molecule has 2 saturated heterocycles. The fraction of sp³-hybridized carbons (Fsp3) is 0.429. The molecule has 0 spiro atoms. The van der Waals surface area contributed by atoms with Gasteiger partial charge >= 0.3 is 6.18 Å². The molecular weight excluding hydrogens is 886 g/mol. The zero-order valence-corrected chi connectivity index (χ0v) is 39.0. The summed E-state index contributed by atoms with van der Waals surface area (Å²) < 4.78 is 82.2. The van der Waals surface area contributed by atoms with E-state index >= 15 is 0 Å². The van der Waals surface area contributed by atoms with Crippen LogP contribution in [0.15, 0.2) is 95.7 Å². The Hall–Kier alpha value is -5.66. The number of piperazine rings is 1. The Morgan fingerprint density at radius 1 is 1.03 bits per heavy atom. The first-order valence-corrected chi connectivity index (χ1v) is 24.1. The van der Waals surface area contributed by atoms with E-state index in [9.17, 15) is 31.5 Å². The highest BCUT2D eigenvalue weighted by Gasteiger charge is 2.33. The summed E-state index contributed by atoms with van der Waals surface area (Å²) >= 11 is 0. The topological polar surface area (TPSA) is 178 Å². The zero-order valence-electron chi connectivity index (χ0n) is 38.2. The molecule has 2 unspecified atom stereocenters. The first kappa shape index (κ1) is 47.8. The lowest BCUT2D eigenvalue weighted by atomic mass is 9.72. The molecule has 2 fully saturated rings. The predicted molar refractivity (Wildman–Crippen MR) is 253 cm³/mol. The number of aromatic amines is 1. The number of benzene rings is 3. The third kappa shape index (κ3) is 11.2. The van der Waals surface area contributed by atoms with Gasteiger partial charge < -0.3 is 40.4 Å². The van der Waals surface area contributed by atoms with E-state index in [0.29, 0.717) is 63.0 Å². The minimum atomic E-state index is -4.39. The Bertz CT molecular complexity index is 2720. The molecule has 3 aliphatic rings. The number of aromatic nitrogens is 2. The number of nitrogen functional groups attached to an aromatic ring is 1. The summed E-state index contributed by atoms with van der Waals surface area (Å²) in [5.41, 5.74) is 11.2. The number of H-pyrrole nitrogens is 1. The van der Waals surface area contributed by atoms with E-state index in [1.807, 2.05) is 26.0 Å². The Kier molecular flexibility index (Phi) is 13.9. The predicted octanol–water partition coefficient (Wildman–Crippen LogP) is 8.01. The van der Waals surface area contributed by atoms with Crippen molar-refractivity contribution in [3.05, 3.63) is 107 Å². The number of nitrogens with one attached hydrogen (secondary N) is 3. The zero-order chi connectivity index (χ0) is 47.7. The Balaban J connectivity index is 0.972. The van der Waals surface area contributed by atoms with E-state index in [4.69, 9.17) is 15.2 Å². The van der Waals surface area contributed by atoms with E-state index in [-0.39, 0.29) is 45.2 Å². The van der Waals surface area contributed by atoms with Gasteiger partial charge in [-0.15, -0.1) is 0 Å². The van der Waals surface area contributed by atoms with Crippen molar-refractivity contribution >= 4 is 49.6 Å². The van der Waals surface area contributed by atoms with Crippen molar-refractivity contribution in [2.45, 2.75) is 70.3 Å². The van der Waals surface area contributed by atoms with Crippen LogP contribution < -0.4 is 25.4 Å². The molecule has 14 nitrogen and oxygen atoms in total. The number of carbonyl (C=O) groups is 1. The molecule has 2 atom stereocenters. The van der Waals surface area contributed by atoms with Gasteiger partial charge in [0.1, 0.15) is 23.4 Å². The number of pyridine rings is 1. The molecule has 1 amide bonds. The van der Waals surface area contributed by atoms with E-state index < -0.39 is 28.0 Å². The van der Waals surface area contributed by atoms with Crippen molar-refractivity contribution in [3.8, 4) is 11.5 Å². The van der Waals surface area contributed by atoms with Gasteiger partial charge in [-0.2, -0.15) is 17.9 Å². The molecule has 67 heavy (non-hydrogen) atoms. The van der Waals surface area contributed by atoms with Crippen LogP contribution in [-0.2, 0) is 25.7 Å². The van der Waals surface area contributed by atoms with Gasteiger partial charge in [0.05, 0.1) is 47.3 Å². The summed E-state index contributed by atoms with van der Waals surface area (Å²) in [5, 5.41) is 15.6. The van der Waals surface area contributed by atoms with Gasteiger partial charge in [0.25, 0.3) is 0 Å². The van der Waals surface area contributed by atoms with Crippen LogP contribution >= 0.6 is 0 Å². The number of aliphatic hydroxyl groups excluding tert-OH is 1. The van der Waals surface area contributed by atoms with Crippen molar-refractivity contribution in [1.82, 2.24) is 24.5 Å². The molecule has 6 N–H and O–H groups in total. The number of anilines is 3. The van der Waals surface area contributed by atoms with Gasteiger partial charge in [-0.1, -0.05) is 45.4 Å². The maximum atomic E-state index is 13.8. The largest absolute Gasteiger partial charge is 0.455 e. The van der Waals surface area contributed by atoms with Crippen LogP contribution in [0.4, 0.5) is 30.2 Å². The molecule has 0 bridgehead atoms. The molecule has 18 heteroatoms. The lowest BCUT2D eigenvalue weighted by Gasteiger charge is -2.39. The highest BCUT2D eigenvalue weighted by molar-refractivity contribution is 7.89. The second-order valence-corrected chi connectivity index (χ2v) is 20.5. The number of allylic oxidation sites excluding steroid dienone is 1. The van der Waals surface area contributed by atoms with Gasteiger partial charge in [-0.3, -0.25) is 9.69 Å². The average molecular weight is 945 g/mol. The molecular formula is C49H59F3N8O6S. The molecule has 0 radical (unpaired) electrons. The molecule has 1 aliphatic carbocycles. The molecule has 358 valence electrons. The number of hydrogen-bond acceptors (Lipinski definition) is 11. The SMILES string of the molecule is CC(C)C(=O)N1CCOCC1CNc1ccc(S(=O)(=O)NC(O)c2ccc(N3CCN(CC4=C(c5ccc(C(F)(F)F)cc5)CC(C)(C)CC4)CC3)cc2Oc2cnc3[nH]ccc3c2)cc1N. The second kappa shape index (κ2) is 19.5. The summed E-state index contributed by atoms with van der Waals surface area (Å²) in [6.07, 6.45) is -0.161. The lowest BCUT2D eigenvalue weighted by Crippen LogP contribution is -2.52. The summed E-state index contributed by atoms with van der Waals surface area (Å²) in [5.74, 6) is 0.463. The second-order valence-electron chi connectivity index (χ2n) is 18.7. The summed E-state index contributed by atoms with van der Waals surface area (Å²) in [7, 11) is -4.33. The molecule has 3 aromatic carbocycles. The van der Waals surface area contributed by atoms with Crippen LogP contribution in [0.25, 0.3) is 16.6 Å². The molecule has 0 saturated carbocycles. The summed E-state index contributed by atoms with van der Waals surface area (Å²) in [4.78, 5) is 26.5. The third-order valence-corrected chi connectivity index (χ3v) is 14.3. The van der Waals surface area contributed by atoms with E-state index in [1.165, 1.54) is 29.8 Å².